The van der Waals surface area contributed by atoms with Gasteiger partial charge >= 0.3 is 5.97 Å². The fourth-order valence-corrected chi connectivity index (χ4v) is 0.315. The largest absolute Gasteiger partial charge is 0.458 e. The van der Waals surface area contributed by atoms with Gasteiger partial charge in [-0.05, 0) is 6.08 Å². The van der Waals surface area contributed by atoms with Crippen LogP contribution in [0.5, 0.6) is 0 Å². The lowest BCUT2D eigenvalue weighted by Gasteiger charge is -1.92. The first-order valence-corrected chi connectivity index (χ1v) is 2.82. The lowest BCUT2D eigenvalue weighted by atomic mass is 10.6. The smallest absolute Gasteiger partial charge is 0.330 e. The Morgan fingerprint density at radius 1 is 1.73 bits per heavy atom. The van der Waals surface area contributed by atoms with Crippen molar-refractivity contribution < 1.29 is 14.3 Å². The van der Waals surface area contributed by atoms with Crippen molar-refractivity contribution in [2.75, 3.05) is 6.61 Å². The van der Waals surface area contributed by atoms with E-state index in [-0.39, 0.29) is 6.61 Å². The van der Waals surface area contributed by atoms with E-state index in [4.69, 9.17) is 0 Å². The molecular weight excluding hydrogens is 146 g/mol. The molecule has 11 heavy (non-hydrogen) atoms. The number of isocyanates is 1. The SMILES string of the molecule is C=CC(=O)OCC=CN=C=O. The molecule has 0 heterocycles. The van der Waals surface area contributed by atoms with Crippen molar-refractivity contribution in [1.82, 2.24) is 0 Å². The number of carbonyl (C=O) groups is 1. The predicted octanol–water partition coefficient (Wildman–Crippen LogP) is 0.565. The van der Waals surface area contributed by atoms with Crippen molar-refractivity contribution in [1.29, 1.82) is 0 Å². The fourth-order valence-electron chi connectivity index (χ4n) is 0.315. The Morgan fingerprint density at radius 2 is 2.45 bits per heavy atom. The van der Waals surface area contributed by atoms with Gasteiger partial charge in [0.25, 0.3) is 0 Å². The zero-order chi connectivity index (χ0) is 8.53. The van der Waals surface area contributed by atoms with Gasteiger partial charge in [0.1, 0.15) is 6.61 Å². The molecular formula is C7H7NO3. The molecule has 0 N–H and O–H groups in total. The van der Waals surface area contributed by atoms with Gasteiger partial charge in [0, 0.05) is 12.3 Å². The van der Waals surface area contributed by atoms with Crippen LogP contribution in [-0.2, 0) is 14.3 Å². The van der Waals surface area contributed by atoms with E-state index >= 15 is 0 Å². The quantitative estimate of drug-likeness (QED) is 0.257. The topological polar surface area (TPSA) is 55.7 Å². The number of nitrogens with zero attached hydrogens (tertiary/aromatic N) is 1. The summed E-state index contributed by atoms with van der Waals surface area (Å²) >= 11 is 0. The maximum Gasteiger partial charge on any atom is 0.330 e. The number of ether oxygens (including phenoxy) is 1. The zero-order valence-corrected chi connectivity index (χ0v) is 5.82. The van der Waals surface area contributed by atoms with Gasteiger partial charge in [-0.25, -0.2) is 9.59 Å². The second kappa shape index (κ2) is 6.45. The molecule has 0 aliphatic heterocycles. The molecule has 0 spiro atoms. The van der Waals surface area contributed by atoms with Crippen LogP contribution in [0, 0.1) is 0 Å². The second-order valence-corrected chi connectivity index (χ2v) is 1.44. The molecule has 0 unspecified atom stereocenters. The molecule has 0 aliphatic carbocycles. The Hall–Kier alpha value is -1.67. The molecule has 4 heteroatoms. The Balaban J connectivity index is 3.48. The van der Waals surface area contributed by atoms with Gasteiger partial charge in [0.15, 0.2) is 0 Å². The van der Waals surface area contributed by atoms with Gasteiger partial charge in [-0.1, -0.05) is 6.58 Å². The lowest BCUT2D eigenvalue weighted by Crippen LogP contribution is -1.98. The van der Waals surface area contributed by atoms with E-state index in [9.17, 15) is 9.59 Å². The molecule has 58 valence electrons. The summed E-state index contributed by atoms with van der Waals surface area (Å²) in [4.78, 5) is 22.9. The molecule has 0 amide bonds. The van der Waals surface area contributed by atoms with Crippen molar-refractivity contribution in [3.05, 3.63) is 24.9 Å². The van der Waals surface area contributed by atoms with Crippen LogP contribution in [-0.4, -0.2) is 18.7 Å². The zero-order valence-electron chi connectivity index (χ0n) is 5.82. The molecule has 0 bridgehead atoms. The van der Waals surface area contributed by atoms with Gasteiger partial charge in [0.2, 0.25) is 6.08 Å². The highest BCUT2D eigenvalue weighted by Gasteiger charge is 1.89. The van der Waals surface area contributed by atoms with E-state index in [1.807, 2.05) is 0 Å². The van der Waals surface area contributed by atoms with E-state index in [0.29, 0.717) is 0 Å². The van der Waals surface area contributed by atoms with E-state index in [2.05, 4.69) is 16.3 Å². The number of hydrogen-bond acceptors (Lipinski definition) is 4. The second-order valence-electron chi connectivity index (χ2n) is 1.44. The summed E-state index contributed by atoms with van der Waals surface area (Å²) in [7, 11) is 0. The highest BCUT2D eigenvalue weighted by Crippen LogP contribution is 1.80. The van der Waals surface area contributed by atoms with Gasteiger partial charge in [-0.3, -0.25) is 0 Å². The van der Waals surface area contributed by atoms with Crippen molar-refractivity contribution in [3.63, 3.8) is 0 Å². The van der Waals surface area contributed by atoms with Crippen molar-refractivity contribution in [2.24, 2.45) is 4.99 Å². The highest BCUT2D eigenvalue weighted by molar-refractivity contribution is 5.81. The summed E-state index contributed by atoms with van der Waals surface area (Å²) in [6, 6.07) is 0. The van der Waals surface area contributed by atoms with Crippen molar-refractivity contribution in [3.8, 4) is 0 Å². The third-order valence-electron chi connectivity index (χ3n) is 0.721. The number of esters is 1. The molecule has 0 radical (unpaired) electrons. The maximum atomic E-state index is 10.4. The van der Waals surface area contributed by atoms with Crippen molar-refractivity contribution in [2.45, 2.75) is 0 Å². The molecule has 0 saturated carbocycles. The van der Waals surface area contributed by atoms with Crippen LogP contribution in [0.1, 0.15) is 0 Å². The van der Waals surface area contributed by atoms with E-state index in [0.717, 1.165) is 6.08 Å². The molecule has 0 atom stereocenters. The van der Waals surface area contributed by atoms with Gasteiger partial charge in [-0.2, -0.15) is 4.99 Å². The molecule has 0 aromatic heterocycles. The first kappa shape index (κ1) is 9.33. The van der Waals surface area contributed by atoms with E-state index in [1.54, 1.807) is 0 Å². The summed E-state index contributed by atoms with van der Waals surface area (Å²) < 4.78 is 4.50. The Bertz CT molecular complexity index is 214. The summed E-state index contributed by atoms with van der Waals surface area (Å²) in [6.07, 6.45) is 4.96. The maximum absolute atomic E-state index is 10.4. The predicted molar refractivity (Wildman–Crippen MR) is 38.4 cm³/mol. The van der Waals surface area contributed by atoms with E-state index < -0.39 is 5.97 Å². The Kier molecular flexibility index (Phi) is 5.47. The van der Waals surface area contributed by atoms with Crippen LogP contribution < -0.4 is 0 Å². The number of carbonyl (C=O) groups excluding carboxylic acids is 2. The Labute approximate surface area is 63.9 Å². The highest BCUT2D eigenvalue weighted by atomic mass is 16.5. The third kappa shape index (κ3) is 6.21. The molecule has 0 aliphatic rings. The molecule has 0 fully saturated rings. The molecule has 0 aromatic rings. The molecule has 4 nitrogen and oxygen atoms in total. The monoisotopic (exact) mass is 153 g/mol. The number of aliphatic imine (C=N–C) groups is 1. The summed E-state index contributed by atoms with van der Waals surface area (Å²) in [5.74, 6) is -0.510. The molecule has 0 rings (SSSR count). The minimum absolute atomic E-state index is 0.0794. The average molecular weight is 153 g/mol. The molecule has 0 aromatic carbocycles. The van der Waals surface area contributed by atoms with Gasteiger partial charge < -0.3 is 4.74 Å². The van der Waals surface area contributed by atoms with Crippen LogP contribution in [0.15, 0.2) is 29.9 Å². The van der Waals surface area contributed by atoms with Crippen LogP contribution in [0.2, 0.25) is 0 Å². The number of rotatable bonds is 4. The number of hydrogen-bond donors (Lipinski definition) is 0. The van der Waals surface area contributed by atoms with Gasteiger partial charge in [-0.15, -0.1) is 0 Å². The lowest BCUT2D eigenvalue weighted by molar-refractivity contribution is -0.136. The fraction of sp³-hybridized carbons (Fsp3) is 0.143. The standard InChI is InChI=1S/C7H7NO3/c1-2-7(10)11-5-3-4-8-6-9/h2-4H,1,5H2. The average Bonchev–Trinajstić information content (AvgIpc) is 2.04. The first-order chi connectivity index (χ1) is 5.31. The third-order valence-corrected chi connectivity index (χ3v) is 0.721. The Morgan fingerprint density at radius 3 is 3.00 bits per heavy atom. The summed E-state index contributed by atoms with van der Waals surface area (Å²) in [6.45, 7) is 3.27. The van der Waals surface area contributed by atoms with Crippen LogP contribution in [0.3, 0.4) is 0 Å². The molecule has 0 saturated heterocycles. The minimum atomic E-state index is -0.510. The van der Waals surface area contributed by atoms with Crippen LogP contribution in [0.4, 0.5) is 0 Å². The minimum Gasteiger partial charge on any atom is -0.458 e. The first-order valence-electron chi connectivity index (χ1n) is 2.82. The van der Waals surface area contributed by atoms with E-state index in [1.165, 1.54) is 18.4 Å². The van der Waals surface area contributed by atoms with Crippen LogP contribution >= 0.6 is 0 Å². The van der Waals surface area contributed by atoms with Gasteiger partial charge in [0.05, 0.1) is 0 Å². The summed E-state index contributed by atoms with van der Waals surface area (Å²) in [5.41, 5.74) is 0. The van der Waals surface area contributed by atoms with Crippen molar-refractivity contribution >= 4 is 12.0 Å². The normalized spacial score (nSPS) is 8.73. The van der Waals surface area contributed by atoms with Crippen LogP contribution in [0.25, 0.3) is 0 Å². The summed E-state index contributed by atoms with van der Waals surface area (Å²) in [5, 5.41) is 0.